The first-order valence-electron chi connectivity index (χ1n) is 6.99. The van der Waals surface area contributed by atoms with Crippen LogP contribution in [0.3, 0.4) is 0 Å². The molecule has 3 heterocycles. The van der Waals surface area contributed by atoms with Crippen molar-refractivity contribution in [2.75, 3.05) is 0 Å². The summed E-state index contributed by atoms with van der Waals surface area (Å²) >= 11 is 6.93. The van der Waals surface area contributed by atoms with Crippen molar-refractivity contribution in [1.82, 2.24) is 20.0 Å². The molecule has 22 heavy (non-hydrogen) atoms. The van der Waals surface area contributed by atoms with Crippen LogP contribution in [0, 0.1) is 6.92 Å². The number of carbonyl (C=O) groups excluding carboxylic acids is 1. The maximum absolute atomic E-state index is 12.5. The van der Waals surface area contributed by atoms with Crippen LogP contribution in [0.4, 0.5) is 0 Å². The summed E-state index contributed by atoms with van der Waals surface area (Å²) < 4.78 is 1.83. The predicted octanol–water partition coefficient (Wildman–Crippen LogP) is 2.53. The highest BCUT2D eigenvalue weighted by molar-refractivity contribution is 7.80. The monoisotopic (exact) mass is 332 g/mol. The summed E-state index contributed by atoms with van der Waals surface area (Å²) in [6.45, 7) is 5.30. The second-order valence-electron chi connectivity index (χ2n) is 5.03. The summed E-state index contributed by atoms with van der Waals surface area (Å²) in [7, 11) is 0. The molecule has 1 fully saturated rings. The van der Waals surface area contributed by atoms with Crippen LogP contribution in [0.25, 0.3) is 6.08 Å². The number of hydrogen-bond donors (Lipinski definition) is 1. The van der Waals surface area contributed by atoms with Gasteiger partial charge in [0.05, 0.1) is 12.7 Å². The van der Waals surface area contributed by atoms with E-state index in [0.29, 0.717) is 17.4 Å². The Hall–Kier alpha value is -1.99. The SMILES string of the molecule is CCn1cc(CN2C(=O)/C(=C\c3ccc(C)s3)NC2=S)cn1. The van der Waals surface area contributed by atoms with Gasteiger partial charge < -0.3 is 5.32 Å². The van der Waals surface area contributed by atoms with Crippen molar-refractivity contribution in [3.05, 3.63) is 45.5 Å². The number of aromatic nitrogens is 2. The number of rotatable bonds is 4. The van der Waals surface area contributed by atoms with Gasteiger partial charge in [-0.05, 0) is 44.3 Å². The molecule has 3 rings (SSSR count). The number of carbonyl (C=O) groups is 1. The molecule has 5 nitrogen and oxygen atoms in total. The maximum Gasteiger partial charge on any atom is 0.276 e. The van der Waals surface area contributed by atoms with Crippen LogP contribution in [0.1, 0.15) is 22.2 Å². The maximum atomic E-state index is 12.5. The van der Waals surface area contributed by atoms with Crippen LogP contribution >= 0.6 is 23.6 Å². The van der Waals surface area contributed by atoms with E-state index in [2.05, 4.69) is 10.4 Å². The Kier molecular flexibility index (Phi) is 4.08. The summed E-state index contributed by atoms with van der Waals surface area (Å²) in [5.74, 6) is -0.0969. The lowest BCUT2D eigenvalue weighted by atomic mass is 10.3. The molecule has 0 radical (unpaired) electrons. The molecule has 1 N–H and O–H groups in total. The van der Waals surface area contributed by atoms with E-state index < -0.39 is 0 Å². The van der Waals surface area contributed by atoms with Crippen LogP contribution in [-0.4, -0.2) is 25.7 Å². The van der Waals surface area contributed by atoms with E-state index in [1.165, 1.54) is 4.88 Å². The van der Waals surface area contributed by atoms with Crippen molar-refractivity contribution in [2.45, 2.75) is 26.9 Å². The molecule has 0 spiro atoms. The molecule has 0 atom stereocenters. The van der Waals surface area contributed by atoms with Crippen LogP contribution in [0.5, 0.6) is 0 Å². The largest absolute Gasteiger partial charge is 0.328 e. The minimum atomic E-state index is -0.0969. The number of thiocarbonyl (C=S) groups is 1. The van der Waals surface area contributed by atoms with Crippen molar-refractivity contribution in [3.8, 4) is 0 Å². The molecule has 2 aromatic rings. The fraction of sp³-hybridized carbons (Fsp3) is 0.267. The van der Waals surface area contributed by atoms with Gasteiger partial charge in [0, 0.05) is 28.1 Å². The second-order valence-corrected chi connectivity index (χ2v) is 6.74. The van der Waals surface area contributed by atoms with E-state index in [1.54, 1.807) is 22.4 Å². The fourth-order valence-electron chi connectivity index (χ4n) is 2.23. The molecule has 0 aliphatic carbocycles. The zero-order chi connectivity index (χ0) is 15.7. The highest BCUT2D eigenvalue weighted by Gasteiger charge is 2.30. The average Bonchev–Trinajstić information content (AvgIpc) is 3.17. The third-order valence-corrected chi connectivity index (χ3v) is 4.63. The topological polar surface area (TPSA) is 50.2 Å². The third kappa shape index (κ3) is 2.95. The highest BCUT2D eigenvalue weighted by atomic mass is 32.1. The normalized spacial score (nSPS) is 16.6. The molecular weight excluding hydrogens is 316 g/mol. The molecule has 2 aromatic heterocycles. The van der Waals surface area contributed by atoms with Crippen LogP contribution in [-0.2, 0) is 17.9 Å². The van der Waals surface area contributed by atoms with Gasteiger partial charge in [-0.1, -0.05) is 0 Å². The number of nitrogens with one attached hydrogen (secondary N) is 1. The Bertz CT molecular complexity index is 759. The molecule has 1 aliphatic rings. The molecule has 0 saturated carbocycles. The molecule has 1 aliphatic heterocycles. The quantitative estimate of drug-likeness (QED) is 0.690. The van der Waals surface area contributed by atoms with E-state index in [-0.39, 0.29) is 5.91 Å². The first kappa shape index (κ1) is 14.9. The van der Waals surface area contributed by atoms with Gasteiger partial charge >= 0.3 is 0 Å². The van der Waals surface area contributed by atoms with Gasteiger partial charge in [0.2, 0.25) is 0 Å². The molecule has 7 heteroatoms. The minimum Gasteiger partial charge on any atom is -0.328 e. The zero-order valence-corrected chi connectivity index (χ0v) is 14.0. The summed E-state index contributed by atoms with van der Waals surface area (Å²) in [5.41, 5.74) is 1.49. The molecule has 0 aromatic carbocycles. The van der Waals surface area contributed by atoms with Crippen molar-refractivity contribution in [1.29, 1.82) is 0 Å². The van der Waals surface area contributed by atoms with Crippen LogP contribution < -0.4 is 5.32 Å². The van der Waals surface area contributed by atoms with E-state index >= 15 is 0 Å². The third-order valence-electron chi connectivity index (χ3n) is 3.36. The number of nitrogens with zero attached hydrogens (tertiary/aromatic N) is 3. The van der Waals surface area contributed by atoms with Crippen molar-refractivity contribution in [3.63, 3.8) is 0 Å². The Morgan fingerprint density at radius 2 is 2.27 bits per heavy atom. The molecule has 1 amide bonds. The fourth-order valence-corrected chi connectivity index (χ4v) is 3.31. The molecule has 0 unspecified atom stereocenters. The van der Waals surface area contributed by atoms with E-state index in [0.717, 1.165) is 17.0 Å². The van der Waals surface area contributed by atoms with Gasteiger partial charge in [-0.15, -0.1) is 11.3 Å². The summed E-state index contributed by atoms with van der Waals surface area (Å²) in [4.78, 5) is 16.3. The number of amides is 1. The van der Waals surface area contributed by atoms with Gasteiger partial charge in [-0.3, -0.25) is 14.4 Å². The summed E-state index contributed by atoms with van der Waals surface area (Å²) in [6.07, 6.45) is 5.55. The minimum absolute atomic E-state index is 0.0969. The lowest BCUT2D eigenvalue weighted by Gasteiger charge is -2.12. The predicted molar refractivity (Wildman–Crippen MR) is 91.2 cm³/mol. The van der Waals surface area contributed by atoms with Crippen molar-refractivity contribution >= 4 is 40.7 Å². The number of thiophene rings is 1. The molecule has 0 bridgehead atoms. The van der Waals surface area contributed by atoms with Gasteiger partial charge in [-0.25, -0.2) is 0 Å². The summed E-state index contributed by atoms with van der Waals surface area (Å²) in [5, 5.41) is 7.66. The molecular formula is C15H16N4OS2. The molecule has 114 valence electrons. The van der Waals surface area contributed by atoms with Crippen LogP contribution in [0.15, 0.2) is 30.2 Å². The first-order valence-corrected chi connectivity index (χ1v) is 8.21. The van der Waals surface area contributed by atoms with Gasteiger partial charge in [0.15, 0.2) is 5.11 Å². The zero-order valence-electron chi connectivity index (χ0n) is 12.4. The highest BCUT2D eigenvalue weighted by Crippen LogP contribution is 2.21. The van der Waals surface area contributed by atoms with Crippen molar-refractivity contribution < 1.29 is 4.79 Å². The van der Waals surface area contributed by atoms with Crippen LogP contribution in [0.2, 0.25) is 0 Å². The van der Waals surface area contributed by atoms with Gasteiger partial charge in [0.25, 0.3) is 5.91 Å². The van der Waals surface area contributed by atoms with Gasteiger partial charge in [-0.2, -0.15) is 5.10 Å². The Labute approximate surface area is 138 Å². The lowest BCUT2D eigenvalue weighted by Crippen LogP contribution is -2.29. The van der Waals surface area contributed by atoms with Gasteiger partial charge in [0.1, 0.15) is 5.70 Å². The number of hydrogen-bond acceptors (Lipinski definition) is 4. The Morgan fingerprint density at radius 1 is 1.45 bits per heavy atom. The van der Waals surface area contributed by atoms with E-state index in [9.17, 15) is 4.79 Å². The van der Waals surface area contributed by atoms with Crippen molar-refractivity contribution in [2.24, 2.45) is 0 Å². The molecule has 1 saturated heterocycles. The first-order chi connectivity index (χ1) is 10.6. The summed E-state index contributed by atoms with van der Waals surface area (Å²) in [6, 6.07) is 4.03. The standard InChI is InChI=1S/C15H16N4OS2/c1-3-18-8-11(7-16-18)9-19-14(20)13(17-15(19)21)6-12-5-4-10(2)22-12/h4-8H,3,9H2,1-2H3,(H,17,21)/b13-6+. The van der Waals surface area contributed by atoms with E-state index in [1.807, 2.05) is 42.9 Å². The Morgan fingerprint density at radius 3 is 2.91 bits per heavy atom. The average molecular weight is 332 g/mol. The lowest BCUT2D eigenvalue weighted by molar-refractivity contribution is -0.122. The van der Waals surface area contributed by atoms with E-state index in [4.69, 9.17) is 12.2 Å². The second kappa shape index (κ2) is 6.02. The smallest absolute Gasteiger partial charge is 0.276 e. The number of aryl methyl sites for hydroxylation is 2. The Balaban J connectivity index is 1.78.